The van der Waals surface area contributed by atoms with E-state index in [0.29, 0.717) is 22.0 Å². The summed E-state index contributed by atoms with van der Waals surface area (Å²) in [7, 11) is 1.59. The van der Waals surface area contributed by atoms with Crippen LogP contribution in [-0.2, 0) is 4.79 Å². The van der Waals surface area contributed by atoms with Crippen molar-refractivity contribution >= 4 is 40.0 Å². The maximum absolute atomic E-state index is 12.8. The molecule has 5 nitrogen and oxygen atoms in total. The number of rotatable bonds is 4. The second kappa shape index (κ2) is 7.76. The summed E-state index contributed by atoms with van der Waals surface area (Å²) in [5.74, 6) is -0.570. The molecule has 1 heterocycles. The fourth-order valence-corrected chi connectivity index (χ4v) is 3.04. The predicted molar refractivity (Wildman–Crippen MR) is 108 cm³/mol. The number of hydrogen-bond donors (Lipinski definition) is 1. The van der Waals surface area contributed by atoms with Gasteiger partial charge in [0.15, 0.2) is 0 Å². The number of amides is 2. The van der Waals surface area contributed by atoms with E-state index in [1.165, 1.54) is 4.90 Å². The Balaban J connectivity index is 1.77. The van der Waals surface area contributed by atoms with Crippen molar-refractivity contribution in [2.24, 2.45) is 0 Å². The zero-order chi connectivity index (χ0) is 19.6. The van der Waals surface area contributed by atoms with Gasteiger partial charge in [-0.25, -0.2) is 0 Å². The lowest BCUT2D eigenvalue weighted by Crippen LogP contribution is -2.35. The van der Waals surface area contributed by atoms with Crippen LogP contribution in [0.25, 0.3) is 10.9 Å². The number of nitrogens with zero attached hydrogens (tertiary/aromatic N) is 2. The topological polar surface area (TPSA) is 62.3 Å². The molecule has 0 aliphatic carbocycles. The van der Waals surface area contributed by atoms with Gasteiger partial charge in [0.25, 0.3) is 5.91 Å². The number of carbonyl (C=O) groups is 2. The van der Waals surface area contributed by atoms with E-state index in [4.69, 9.17) is 11.6 Å². The van der Waals surface area contributed by atoms with Crippen molar-refractivity contribution < 1.29 is 9.59 Å². The number of hydrogen-bond acceptors (Lipinski definition) is 3. The molecule has 0 saturated heterocycles. The SMILES string of the molecule is Cc1ccc2nc(C)c(C(=O)N(C)CC(=O)Nc3ccccc3Cl)cc2c1. The van der Waals surface area contributed by atoms with Gasteiger partial charge in [0.05, 0.1) is 34.0 Å². The van der Waals surface area contributed by atoms with Gasteiger partial charge in [0.2, 0.25) is 5.91 Å². The van der Waals surface area contributed by atoms with Crippen LogP contribution in [0.4, 0.5) is 5.69 Å². The lowest BCUT2D eigenvalue weighted by Gasteiger charge is -2.18. The molecule has 138 valence electrons. The van der Waals surface area contributed by atoms with E-state index in [0.717, 1.165) is 16.5 Å². The second-order valence-electron chi connectivity index (χ2n) is 6.51. The number of aryl methyl sites for hydroxylation is 2. The minimum absolute atomic E-state index is 0.0879. The Labute approximate surface area is 163 Å². The summed E-state index contributed by atoms with van der Waals surface area (Å²) in [6.45, 7) is 3.70. The van der Waals surface area contributed by atoms with Crippen LogP contribution < -0.4 is 5.32 Å². The molecule has 0 unspecified atom stereocenters. The maximum Gasteiger partial charge on any atom is 0.255 e. The highest BCUT2D eigenvalue weighted by atomic mass is 35.5. The van der Waals surface area contributed by atoms with Gasteiger partial charge in [-0.05, 0) is 44.2 Å². The van der Waals surface area contributed by atoms with Gasteiger partial charge in [0.1, 0.15) is 0 Å². The molecule has 1 aromatic heterocycles. The number of halogens is 1. The van der Waals surface area contributed by atoms with Crippen LogP contribution in [0.1, 0.15) is 21.6 Å². The Morgan fingerprint density at radius 1 is 1.11 bits per heavy atom. The predicted octanol–water partition coefficient (Wildman–Crippen LogP) is 4.22. The fourth-order valence-electron chi connectivity index (χ4n) is 2.85. The smallest absolute Gasteiger partial charge is 0.255 e. The molecular weight excluding hydrogens is 362 g/mol. The number of fused-ring (bicyclic) bond motifs is 1. The maximum atomic E-state index is 12.8. The van der Waals surface area contributed by atoms with Gasteiger partial charge < -0.3 is 10.2 Å². The van der Waals surface area contributed by atoms with Gasteiger partial charge in [-0.3, -0.25) is 14.6 Å². The summed E-state index contributed by atoms with van der Waals surface area (Å²) >= 11 is 6.05. The van der Waals surface area contributed by atoms with Crippen LogP contribution in [0.5, 0.6) is 0 Å². The summed E-state index contributed by atoms with van der Waals surface area (Å²) in [6.07, 6.45) is 0. The Bertz CT molecular complexity index is 1030. The van der Waals surface area contributed by atoms with Crippen LogP contribution in [0.15, 0.2) is 48.5 Å². The zero-order valence-electron chi connectivity index (χ0n) is 15.4. The van der Waals surface area contributed by atoms with Gasteiger partial charge in [-0.2, -0.15) is 0 Å². The van der Waals surface area contributed by atoms with E-state index in [1.54, 1.807) is 38.2 Å². The Morgan fingerprint density at radius 3 is 2.59 bits per heavy atom. The molecule has 0 bridgehead atoms. The molecule has 0 atom stereocenters. The van der Waals surface area contributed by atoms with Gasteiger partial charge in [-0.1, -0.05) is 35.4 Å². The lowest BCUT2D eigenvalue weighted by atomic mass is 10.1. The molecule has 6 heteroatoms. The summed E-state index contributed by atoms with van der Waals surface area (Å²) in [4.78, 5) is 31.0. The number of aromatic nitrogens is 1. The van der Waals surface area contributed by atoms with Crippen molar-refractivity contribution in [3.8, 4) is 0 Å². The second-order valence-corrected chi connectivity index (χ2v) is 6.91. The molecular formula is C21H20ClN3O2. The van der Waals surface area contributed by atoms with Crippen LogP contribution in [0.3, 0.4) is 0 Å². The van der Waals surface area contributed by atoms with Gasteiger partial charge in [-0.15, -0.1) is 0 Å². The molecule has 2 amide bonds. The summed E-state index contributed by atoms with van der Waals surface area (Å²) in [6, 6.07) is 14.7. The zero-order valence-corrected chi connectivity index (χ0v) is 16.2. The van der Waals surface area contributed by atoms with Crippen LogP contribution in [0.2, 0.25) is 5.02 Å². The molecule has 0 spiro atoms. The Hall–Kier alpha value is -2.92. The molecule has 2 aromatic carbocycles. The molecule has 0 saturated carbocycles. The fraction of sp³-hybridized carbons (Fsp3) is 0.190. The number of para-hydroxylation sites is 1. The third-order valence-electron chi connectivity index (χ3n) is 4.27. The molecule has 0 aliphatic rings. The minimum Gasteiger partial charge on any atom is -0.332 e. The number of nitrogens with one attached hydrogen (secondary N) is 1. The number of likely N-dealkylation sites (N-methyl/N-ethyl adjacent to an activating group) is 1. The first-order chi connectivity index (χ1) is 12.8. The summed E-state index contributed by atoms with van der Waals surface area (Å²) in [5.41, 5.74) is 3.58. The highest BCUT2D eigenvalue weighted by Crippen LogP contribution is 2.21. The van der Waals surface area contributed by atoms with Gasteiger partial charge in [0, 0.05) is 12.4 Å². The van der Waals surface area contributed by atoms with E-state index in [-0.39, 0.29) is 18.4 Å². The van der Waals surface area contributed by atoms with E-state index in [2.05, 4.69) is 10.3 Å². The van der Waals surface area contributed by atoms with E-state index in [1.807, 2.05) is 31.2 Å². The van der Waals surface area contributed by atoms with E-state index >= 15 is 0 Å². The summed E-state index contributed by atoms with van der Waals surface area (Å²) < 4.78 is 0. The van der Waals surface area contributed by atoms with Crippen LogP contribution >= 0.6 is 11.6 Å². The van der Waals surface area contributed by atoms with Crippen molar-refractivity contribution in [3.63, 3.8) is 0 Å². The molecule has 3 aromatic rings. The third-order valence-corrected chi connectivity index (χ3v) is 4.60. The highest BCUT2D eigenvalue weighted by Gasteiger charge is 2.19. The highest BCUT2D eigenvalue weighted by molar-refractivity contribution is 6.33. The van der Waals surface area contributed by atoms with Crippen molar-refractivity contribution in [1.29, 1.82) is 0 Å². The van der Waals surface area contributed by atoms with Crippen molar-refractivity contribution in [2.45, 2.75) is 13.8 Å². The van der Waals surface area contributed by atoms with Crippen molar-refractivity contribution in [3.05, 3.63) is 70.4 Å². The Morgan fingerprint density at radius 2 is 1.85 bits per heavy atom. The number of benzene rings is 2. The quantitative estimate of drug-likeness (QED) is 0.736. The number of carbonyl (C=O) groups excluding carboxylic acids is 2. The van der Waals surface area contributed by atoms with Crippen LogP contribution in [-0.4, -0.2) is 35.3 Å². The normalized spacial score (nSPS) is 10.7. The molecule has 3 rings (SSSR count). The Kier molecular flexibility index (Phi) is 5.42. The molecule has 1 N–H and O–H groups in total. The van der Waals surface area contributed by atoms with E-state index in [9.17, 15) is 9.59 Å². The minimum atomic E-state index is -0.318. The first-order valence-corrected chi connectivity index (χ1v) is 8.91. The van der Waals surface area contributed by atoms with Crippen molar-refractivity contribution in [2.75, 3.05) is 18.9 Å². The third kappa shape index (κ3) is 4.26. The van der Waals surface area contributed by atoms with Crippen LogP contribution in [0, 0.1) is 13.8 Å². The molecule has 0 fully saturated rings. The largest absolute Gasteiger partial charge is 0.332 e. The van der Waals surface area contributed by atoms with Crippen molar-refractivity contribution in [1.82, 2.24) is 9.88 Å². The molecule has 0 aliphatic heterocycles. The monoisotopic (exact) mass is 381 g/mol. The van der Waals surface area contributed by atoms with E-state index < -0.39 is 0 Å². The average molecular weight is 382 g/mol. The first kappa shape index (κ1) is 18.9. The van der Waals surface area contributed by atoms with Gasteiger partial charge >= 0.3 is 0 Å². The standard InChI is InChI=1S/C21H20ClN3O2/c1-13-8-9-18-15(10-13)11-16(14(2)23-18)21(27)25(3)12-20(26)24-19-7-5-4-6-17(19)22/h4-11H,12H2,1-3H3,(H,24,26). The molecule has 27 heavy (non-hydrogen) atoms. The first-order valence-electron chi connectivity index (χ1n) is 8.53. The number of anilines is 1. The lowest BCUT2D eigenvalue weighted by molar-refractivity contribution is -0.116. The molecule has 0 radical (unpaired) electrons. The average Bonchev–Trinajstić information content (AvgIpc) is 2.62. The summed E-state index contributed by atoms with van der Waals surface area (Å²) in [5, 5.41) is 4.07. The number of pyridine rings is 1.